The maximum atomic E-state index is 14.0. The Morgan fingerprint density at radius 3 is 2.12 bits per heavy atom. The summed E-state index contributed by atoms with van der Waals surface area (Å²) in [6.07, 6.45) is 0.740. The molecule has 1 aliphatic rings. The number of carbonyl (C=O) groups excluding carboxylic acids is 1. The highest BCUT2D eigenvalue weighted by atomic mass is 32.2. The van der Waals surface area contributed by atoms with Crippen LogP contribution in [0.3, 0.4) is 0 Å². The summed E-state index contributed by atoms with van der Waals surface area (Å²) in [6, 6.07) is 21.8. The molecule has 0 unspecified atom stereocenters. The second-order valence-electron chi connectivity index (χ2n) is 7.54. The molecule has 0 spiro atoms. The van der Waals surface area contributed by atoms with Crippen LogP contribution in [0.4, 0.5) is 10.1 Å². The van der Waals surface area contributed by atoms with E-state index in [4.69, 9.17) is 4.74 Å². The fourth-order valence-electron chi connectivity index (χ4n) is 3.63. The average Bonchev–Trinajstić information content (AvgIpc) is 2.81. The molecule has 1 fully saturated rings. The van der Waals surface area contributed by atoms with Gasteiger partial charge in [0.2, 0.25) is 15.9 Å². The van der Waals surface area contributed by atoms with Crippen molar-refractivity contribution < 1.29 is 22.3 Å². The molecule has 1 amide bonds. The Bertz CT molecular complexity index is 1180. The van der Waals surface area contributed by atoms with Crippen molar-refractivity contribution in [1.29, 1.82) is 0 Å². The highest BCUT2D eigenvalue weighted by Crippen LogP contribution is 2.27. The number of nitrogens with one attached hydrogen (secondary N) is 1. The third-order valence-corrected chi connectivity index (χ3v) is 7.31. The first-order valence-electron chi connectivity index (χ1n) is 10.3. The lowest BCUT2D eigenvalue weighted by molar-refractivity contribution is -0.120. The van der Waals surface area contributed by atoms with Crippen LogP contribution in [0, 0.1) is 11.7 Å². The van der Waals surface area contributed by atoms with Crippen LogP contribution in [0.25, 0.3) is 0 Å². The summed E-state index contributed by atoms with van der Waals surface area (Å²) in [5.41, 5.74) is 0.636. The summed E-state index contributed by atoms with van der Waals surface area (Å²) < 4.78 is 46.4. The SMILES string of the molecule is O=C(Nc1ccc(Oc2ccccc2)cc1)C1CCN(S(=O)(=O)c2ccccc2F)CC1. The van der Waals surface area contributed by atoms with Crippen molar-refractivity contribution in [2.75, 3.05) is 18.4 Å². The van der Waals surface area contributed by atoms with Crippen molar-refractivity contribution in [3.8, 4) is 11.5 Å². The molecular weight excluding hydrogens is 431 g/mol. The molecule has 0 radical (unpaired) electrons. The van der Waals surface area contributed by atoms with E-state index in [2.05, 4.69) is 5.32 Å². The zero-order valence-electron chi connectivity index (χ0n) is 17.3. The van der Waals surface area contributed by atoms with Crippen molar-refractivity contribution in [2.45, 2.75) is 17.7 Å². The summed E-state index contributed by atoms with van der Waals surface area (Å²) in [5, 5.41) is 2.87. The molecule has 0 aliphatic carbocycles. The zero-order chi connectivity index (χ0) is 22.6. The third-order valence-electron chi connectivity index (χ3n) is 5.38. The van der Waals surface area contributed by atoms with Gasteiger partial charge in [-0.15, -0.1) is 0 Å². The first-order chi connectivity index (χ1) is 15.4. The van der Waals surface area contributed by atoms with Gasteiger partial charge in [-0.05, 0) is 61.4 Å². The summed E-state index contributed by atoms with van der Waals surface area (Å²) in [5.74, 6) is 0.126. The second kappa shape index (κ2) is 9.50. The van der Waals surface area contributed by atoms with Crippen LogP contribution in [-0.2, 0) is 14.8 Å². The minimum absolute atomic E-state index is 0.162. The molecule has 0 bridgehead atoms. The topological polar surface area (TPSA) is 75.7 Å². The number of amides is 1. The number of hydrogen-bond acceptors (Lipinski definition) is 4. The Morgan fingerprint density at radius 2 is 1.47 bits per heavy atom. The van der Waals surface area contributed by atoms with Crippen LogP contribution in [-0.4, -0.2) is 31.7 Å². The number of nitrogens with zero attached hydrogens (tertiary/aromatic N) is 1. The highest BCUT2D eigenvalue weighted by Gasteiger charge is 2.33. The normalized spacial score (nSPS) is 15.3. The fourth-order valence-corrected chi connectivity index (χ4v) is 5.16. The molecule has 0 aromatic heterocycles. The lowest BCUT2D eigenvalue weighted by atomic mass is 9.97. The number of benzene rings is 3. The van der Waals surface area contributed by atoms with E-state index in [-0.39, 0.29) is 29.8 Å². The Kier molecular flexibility index (Phi) is 6.53. The van der Waals surface area contributed by atoms with Crippen LogP contribution in [0.2, 0.25) is 0 Å². The van der Waals surface area contributed by atoms with Crippen molar-refractivity contribution in [3.63, 3.8) is 0 Å². The molecule has 0 atom stereocenters. The largest absolute Gasteiger partial charge is 0.457 e. The van der Waals surface area contributed by atoms with Crippen molar-refractivity contribution in [3.05, 3.63) is 84.7 Å². The van der Waals surface area contributed by atoms with Crippen molar-refractivity contribution in [2.24, 2.45) is 5.92 Å². The predicted octanol–water partition coefficient (Wildman–Crippen LogP) is 4.66. The van der Waals surface area contributed by atoms with Gasteiger partial charge in [0.15, 0.2) is 0 Å². The van der Waals surface area contributed by atoms with Gasteiger partial charge in [-0.1, -0.05) is 30.3 Å². The van der Waals surface area contributed by atoms with Crippen LogP contribution >= 0.6 is 0 Å². The Balaban J connectivity index is 1.32. The van der Waals surface area contributed by atoms with E-state index in [1.807, 2.05) is 30.3 Å². The van der Waals surface area contributed by atoms with Gasteiger partial charge in [-0.3, -0.25) is 4.79 Å². The van der Waals surface area contributed by atoms with E-state index in [1.165, 1.54) is 22.5 Å². The van der Waals surface area contributed by atoms with E-state index in [0.29, 0.717) is 24.3 Å². The number of rotatable bonds is 6. The number of sulfonamides is 1. The molecule has 6 nitrogen and oxygen atoms in total. The van der Waals surface area contributed by atoms with Gasteiger partial charge in [0.05, 0.1) is 0 Å². The minimum atomic E-state index is -3.92. The Morgan fingerprint density at radius 1 is 0.875 bits per heavy atom. The smallest absolute Gasteiger partial charge is 0.245 e. The van der Waals surface area contributed by atoms with Gasteiger partial charge in [-0.25, -0.2) is 12.8 Å². The van der Waals surface area contributed by atoms with E-state index in [1.54, 1.807) is 24.3 Å². The lowest BCUT2D eigenvalue weighted by Gasteiger charge is -2.30. The maximum absolute atomic E-state index is 14.0. The van der Waals surface area contributed by atoms with Gasteiger partial charge in [0, 0.05) is 24.7 Å². The van der Waals surface area contributed by atoms with E-state index in [0.717, 1.165) is 11.8 Å². The number of ether oxygens (including phenoxy) is 1. The summed E-state index contributed by atoms with van der Waals surface area (Å²) in [4.78, 5) is 12.3. The molecule has 0 saturated carbocycles. The molecule has 4 rings (SSSR count). The molecule has 32 heavy (non-hydrogen) atoms. The molecule has 3 aromatic rings. The van der Waals surface area contributed by atoms with Gasteiger partial charge < -0.3 is 10.1 Å². The quantitative estimate of drug-likeness (QED) is 0.588. The standard InChI is InChI=1S/C24H23FN2O4S/c25-22-8-4-5-9-23(22)32(29,30)27-16-14-18(15-17-27)24(28)26-19-10-12-21(13-11-19)31-20-6-2-1-3-7-20/h1-13,18H,14-17H2,(H,26,28). The molecule has 166 valence electrons. The monoisotopic (exact) mass is 454 g/mol. The van der Waals surface area contributed by atoms with Crippen LogP contribution in [0.5, 0.6) is 11.5 Å². The van der Waals surface area contributed by atoms with Crippen LogP contribution in [0.1, 0.15) is 12.8 Å². The molecule has 3 aromatic carbocycles. The Labute approximate surface area is 186 Å². The first kappa shape index (κ1) is 22.0. The molecular formula is C24H23FN2O4S. The number of piperidine rings is 1. The summed E-state index contributed by atoms with van der Waals surface area (Å²) in [6.45, 7) is 0.331. The molecule has 1 saturated heterocycles. The third kappa shape index (κ3) is 4.98. The fraction of sp³-hybridized carbons (Fsp3) is 0.208. The van der Waals surface area contributed by atoms with Gasteiger partial charge in [0.1, 0.15) is 22.2 Å². The predicted molar refractivity (Wildman–Crippen MR) is 119 cm³/mol. The number of hydrogen-bond donors (Lipinski definition) is 1. The number of anilines is 1. The first-order valence-corrected chi connectivity index (χ1v) is 11.8. The lowest BCUT2D eigenvalue weighted by Crippen LogP contribution is -2.41. The van der Waals surface area contributed by atoms with Gasteiger partial charge in [0.25, 0.3) is 0 Å². The van der Waals surface area contributed by atoms with Crippen LogP contribution in [0.15, 0.2) is 83.8 Å². The highest BCUT2D eigenvalue weighted by molar-refractivity contribution is 7.89. The van der Waals surface area contributed by atoms with E-state index < -0.39 is 15.8 Å². The van der Waals surface area contributed by atoms with Crippen molar-refractivity contribution >= 4 is 21.6 Å². The van der Waals surface area contributed by atoms with Crippen molar-refractivity contribution in [1.82, 2.24) is 4.31 Å². The minimum Gasteiger partial charge on any atom is -0.457 e. The summed E-state index contributed by atoms with van der Waals surface area (Å²) in [7, 11) is -3.92. The number of halogens is 1. The molecule has 8 heteroatoms. The molecule has 1 N–H and O–H groups in total. The number of carbonyl (C=O) groups is 1. The zero-order valence-corrected chi connectivity index (χ0v) is 18.1. The average molecular weight is 455 g/mol. The van der Waals surface area contributed by atoms with Gasteiger partial charge >= 0.3 is 0 Å². The summed E-state index contributed by atoms with van der Waals surface area (Å²) >= 11 is 0. The molecule has 1 aliphatic heterocycles. The second-order valence-corrected chi connectivity index (χ2v) is 9.44. The van der Waals surface area contributed by atoms with Crippen LogP contribution < -0.4 is 10.1 Å². The van der Waals surface area contributed by atoms with Gasteiger partial charge in [-0.2, -0.15) is 4.31 Å². The number of para-hydroxylation sites is 1. The van der Waals surface area contributed by atoms with E-state index in [9.17, 15) is 17.6 Å². The van der Waals surface area contributed by atoms with E-state index >= 15 is 0 Å². The molecule has 1 heterocycles. The maximum Gasteiger partial charge on any atom is 0.245 e. The Hall–Kier alpha value is -3.23.